The van der Waals surface area contributed by atoms with Gasteiger partial charge in [0.15, 0.2) is 0 Å². The number of likely N-dealkylation sites (tertiary alicyclic amines) is 2. The highest BCUT2D eigenvalue weighted by Gasteiger charge is 2.26. The van der Waals surface area contributed by atoms with Gasteiger partial charge in [0.1, 0.15) is 5.76 Å². The Labute approximate surface area is 151 Å². The summed E-state index contributed by atoms with van der Waals surface area (Å²) in [7, 11) is 0. The predicted octanol–water partition coefficient (Wildman–Crippen LogP) is 3.19. The lowest BCUT2D eigenvalue weighted by Crippen LogP contribution is -2.41. The average molecular weight is 348 g/mol. The molecule has 1 amide bonds. The third-order valence-electron chi connectivity index (χ3n) is 5.55. The molecule has 2 aliphatic rings. The molecule has 5 heteroatoms. The fraction of sp³-hybridized carbons (Fsp3) is 0.750. The molecule has 0 aliphatic carbocycles. The first-order chi connectivity index (χ1) is 12.2. The highest BCUT2D eigenvalue weighted by atomic mass is 16.3. The van der Waals surface area contributed by atoms with E-state index in [-0.39, 0.29) is 12.1 Å². The summed E-state index contributed by atoms with van der Waals surface area (Å²) in [6.45, 7) is 7.10. The first kappa shape index (κ1) is 18.5. The monoisotopic (exact) mass is 347 g/mol. The molecule has 2 saturated heterocycles. The van der Waals surface area contributed by atoms with Gasteiger partial charge in [-0.3, -0.25) is 9.69 Å². The summed E-state index contributed by atoms with van der Waals surface area (Å²) < 4.78 is 5.67. The highest BCUT2D eigenvalue weighted by molar-refractivity contribution is 5.76. The van der Waals surface area contributed by atoms with Crippen LogP contribution in [0.4, 0.5) is 0 Å². The molecular weight excluding hydrogens is 314 g/mol. The Bertz CT molecular complexity index is 503. The Morgan fingerprint density at radius 3 is 2.44 bits per heavy atom. The smallest absolute Gasteiger partial charge is 0.224 e. The van der Waals surface area contributed by atoms with E-state index < -0.39 is 0 Å². The van der Waals surface area contributed by atoms with Crippen molar-refractivity contribution in [3.8, 4) is 0 Å². The van der Waals surface area contributed by atoms with E-state index in [1.54, 1.807) is 6.26 Å². The normalized spacial score (nSPS) is 21.9. The highest BCUT2D eigenvalue weighted by Crippen LogP contribution is 2.25. The van der Waals surface area contributed by atoms with E-state index in [1.165, 1.54) is 25.7 Å². The van der Waals surface area contributed by atoms with E-state index in [1.807, 2.05) is 6.07 Å². The van der Waals surface area contributed by atoms with Gasteiger partial charge < -0.3 is 14.6 Å². The van der Waals surface area contributed by atoms with Gasteiger partial charge in [-0.1, -0.05) is 12.8 Å². The molecule has 5 nitrogen and oxygen atoms in total. The van der Waals surface area contributed by atoms with Crippen LogP contribution in [-0.4, -0.2) is 54.5 Å². The number of rotatable bonds is 7. The second-order valence-corrected chi connectivity index (χ2v) is 7.58. The van der Waals surface area contributed by atoms with Crippen molar-refractivity contribution in [2.45, 2.75) is 64.0 Å². The van der Waals surface area contributed by atoms with Crippen LogP contribution in [0, 0.1) is 0 Å². The van der Waals surface area contributed by atoms with Gasteiger partial charge in [-0.05, 0) is 57.8 Å². The van der Waals surface area contributed by atoms with Crippen molar-refractivity contribution in [3.05, 3.63) is 24.2 Å². The second-order valence-electron chi connectivity index (χ2n) is 7.58. The number of furan rings is 1. The summed E-state index contributed by atoms with van der Waals surface area (Å²) in [5, 5.41) is 3.58. The number of carbonyl (C=O) groups is 1. The van der Waals surface area contributed by atoms with Crippen molar-refractivity contribution in [3.63, 3.8) is 0 Å². The molecule has 2 fully saturated rings. The van der Waals surface area contributed by atoms with Crippen LogP contribution in [0.5, 0.6) is 0 Å². The van der Waals surface area contributed by atoms with E-state index in [4.69, 9.17) is 4.42 Å². The van der Waals surface area contributed by atoms with Crippen molar-refractivity contribution in [1.82, 2.24) is 15.1 Å². The zero-order valence-corrected chi connectivity index (χ0v) is 15.6. The van der Waals surface area contributed by atoms with Crippen molar-refractivity contribution in [2.75, 3.05) is 32.7 Å². The van der Waals surface area contributed by atoms with Crippen molar-refractivity contribution < 1.29 is 9.21 Å². The van der Waals surface area contributed by atoms with Crippen LogP contribution in [0.1, 0.15) is 63.7 Å². The number of nitrogens with zero attached hydrogens (tertiary/aromatic N) is 2. The maximum atomic E-state index is 12.5. The molecule has 1 aromatic heterocycles. The number of hydrogen-bond acceptors (Lipinski definition) is 4. The second kappa shape index (κ2) is 9.39. The Morgan fingerprint density at radius 2 is 1.80 bits per heavy atom. The molecule has 1 aromatic rings. The van der Waals surface area contributed by atoms with Crippen LogP contribution in [-0.2, 0) is 4.79 Å². The van der Waals surface area contributed by atoms with Crippen molar-refractivity contribution in [1.29, 1.82) is 0 Å². The van der Waals surface area contributed by atoms with E-state index in [9.17, 15) is 4.79 Å². The third kappa shape index (κ3) is 5.32. The molecule has 3 rings (SSSR count). The fourth-order valence-electron chi connectivity index (χ4n) is 4.04. The summed E-state index contributed by atoms with van der Waals surface area (Å²) in [5.41, 5.74) is 0. The quantitative estimate of drug-likeness (QED) is 0.823. The molecule has 140 valence electrons. The zero-order chi connectivity index (χ0) is 17.5. The summed E-state index contributed by atoms with van der Waals surface area (Å²) >= 11 is 0. The van der Waals surface area contributed by atoms with Gasteiger partial charge in [-0.15, -0.1) is 0 Å². The van der Waals surface area contributed by atoms with E-state index in [0.29, 0.717) is 12.3 Å². The maximum absolute atomic E-state index is 12.5. The lowest BCUT2D eigenvalue weighted by atomic mass is 10.1. The van der Waals surface area contributed by atoms with E-state index >= 15 is 0 Å². The fourth-order valence-corrected chi connectivity index (χ4v) is 4.04. The number of hydrogen-bond donors (Lipinski definition) is 1. The maximum Gasteiger partial charge on any atom is 0.224 e. The summed E-state index contributed by atoms with van der Waals surface area (Å²) in [4.78, 5) is 17.1. The van der Waals surface area contributed by atoms with Gasteiger partial charge in [-0.2, -0.15) is 0 Å². The SMILES string of the molecule is C[C@H](CC(=O)N1CCCCCC1)NC[C@@H](c1ccco1)N1CCCC1. The Balaban J connectivity index is 1.49. The van der Waals surface area contributed by atoms with Gasteiger partial charge in [0, 0.05) is 32.1 Å². The van der Waals surface area contributed by atoms with Gasteiger partial charge >= 0.3 is 0 Å². The number of amides is 1. The van der Waals surface area contributed by atoms with Crippen LogP contribution in [0.3, 0.4) is 0 Å². The summed E-state index contributed by atoms with van der Waals surface area (Å²) in [6, 6.07) is 4.49. The lowest BCUT2D eigenvalue weighted by Gasteiger charge is -2.28. The Kier molecular flexibility index (Phi) is 6.93. The van der Waals surface area contributed by atoms with Crippen LogP contribution in [0.25, 0.3) is 0 Å². The van der Waals surface area contributed by atoms with Crippen molar-refractivity contribution in [2.24, 2.45) is 0 Å². The molecule has 1 N–H and O–H groups in total. The number of carbonyl (C=O) groups excluding carboxylic acids is 1. The Morgan fingerprint density at radius 1 is 1.12 bits per heavy atom. The summed E-state index contributed by atoms with van der Waals surface area (Å²) in [6.07, 6.45) is 9.71. The van der Waals surface area contributed by atoms with Gasteiger partial charge in [0.2, 0.25) is 5.91 Å². The first-order valence-corrected chi connectivity index (χ1v) is 10.0. The van der Waals surface area contributed by atoms with Crippen LogP contribution < -0.4 is 5.32 Å². The molecule has 25 heavy (non-hydrogen) atoms. The number of nitrogens with one attached hydrogen (secondary N) is 1. The standard InChI is InChI=1S/C20H33N3O2/c1-17(15-20(24)23-12-4-2-3-5-13-23)21-16-18(19-9-8-14-25-19)22-10-6-7-11-22/h8-9,14,17-18,21H,2-7,10-13,15-16H2,1H3/t17-,18+/m1/s1. The minimum atomic E-state index is 0.191. The van der Waals surface area contributed by atoms with Crippen LogP contribution in [0.15, 0.2) is 22.8 Å². The minimum absolute atomic E-state index is 0.191. The summed E-state index contributed by atoms with van der Waals surface area (Å²) in [5.74, 6) is 1.33. The molecule has 0 bridgehead atoms. The molecule has 0 spiro atoms. The lowest BCUT2D eigenvalue weighted by molar-refractivity contribution is -0.131. The van der Waals surface area contributed by atoms with E-state index in [0.717, 1.165) is 51.3 Å². The molecule has 0 radical (unpaired) electrons. The van der Waals surface area contributed by atoms with Gasteiger partial charge in [-0.25, -0.2) is 0 Å². The molecule has 0 aromatic carbocycles. The minimum Gasteiger partial charge on any atom is -0.468 e. The Hall–Kier alpha value is -1.33. The largest absolute Gasteiger partial charge is 0.468 e. The third-order valence-corrected chi connectivity index (χ3v) is 5.55. The average Bonchev–Trinajstić information content (AvgIpc) is 3.25. The predicted molar refractivity (Wildman–Crippen MR) is 99.4 cm³/mol. The topological polar surface area (TPSA) is 48.7 Å². The van der Waals surface area contributed by atoms with Gasteiger partial charge in [0.25, 0.3) is 0 Å². The molecule has 0 unspecified atom stereocenters. The van der Waals surface area contributed by atoms with Gasteiger partial charge in [0.05, 0.1) is 12.3 Å². The molecular formula is C20H33N3O2. The molecule has 2 aliphatic heterocycles. The van der Waals surface area contributed by atoms with Crippen LogP contribution >= 0.6 is 0 Å². The van der Waals surface area contributed by atoms with Crippen molar-refractivity contribution >= 4 is 5.91 Å². The van der Waals surface area contributed by atoms with E-state index in [2.05, 4.69) is 28.1 Å². The van der Waals surface area contributed by atoms with Crippen LogP contribution in [0.2, 0.25) is 0 Å². The molecule has 2 atom stereocenters. The molecule has 3 heterocycles. The first-order valence-electron chi connectivity index (χ1n) is 10.0. The molecule has 0 saturated carbocycles. The zero-order valence-electron chi connectivity index (χ0n) is 15.6.